The third-order valence-electron chi connectivity index (χ3n) is 6.48. The molecule has 0 bridgehead atoms. The summed E-state index contributed by atoms with van der Waals surface area (Å²) in [7, 11) is 1.62. The molecule has 1 aliphatic rings. The minimum absolute atomic E-state index is 0.00510. The van der Waals surface area contributed by atoms with Crippen LogP contribution in [0.3, 0.4) is 0 Å². The second-order valence-corrected chi connectivity index (χ2v) is 9.57. The van der Waals surface area contributed by atoms with Gasteiger partial charge in [0, 0.05) is 12.1 Å². The van der Waals surface area contributed by atoms with Gasteiger partial charge in [-0.25, -0.2) is 0 Å². The Labute approximate surface area is 208 Å². The molecular formula is C29H37NO5. The van der Waals surface area contributed by atoms with E-state index in [-0.39, 0.29) is 29.9 Å². The summed E-state index contributed by atoms with van der Waals surface area (Å²) in [5, 5.41) is 11.5. The zero-order valence-corrected chi connectivity index (χ0v) is 21.8. The van der Waals surface area contributed by atoms with Crippen molar-refractivity contribution in [3.05, 3.63) is 69.8 Å². The number of Topliss-reactive ketones (excluding diaryl/α,β-unsaturated/α-hetero) is 1. The van der Waals surface area contributed by atoms with Gasteiger partial charge in [-0.1, -0.05) is 45.0 Å². The first-order valence-corrected chi connectivity index (χ1v) is 12.3. The Kier molecular flexibility index (Phi) is 8.39. The number of ether oxygens (including phenoxy) is 2. The van der Waals surface area contributed by atoms with Crippen LogP contribution in [0.15, 0.2) is 42.0 Å². The first kappa shape index (κ1) is 26.5. The average molecular weight is 480 g/mol. The molecule has 2 aromatic carbocycles. The molecule has 35 heavy (non-hydrogen) atoms. The number of aliphatic hydroxyl groups is 1. The van der Waals surface area contributed by atoms with Gasteiger partial charge in [-0.3, -0.25) is 9.59 Å². The Balaban J connectivity index is 2.18. The number of aryl methyl sites for hydroxylation is 2. The zero-order chi connectivity index (χ0) is 25.9. The number of nitrogens with zero attached hydrogens (tertiary/aromatic N) is 1. The van der Waals surface area contributed by atoms with Crippen LogP contribution in [0, 0.1) is 6.92 Å². The van der Waals surface area contributed by atoms with E-state index in [0.717, 1.165) is 34.4 Å². The van der Waals surface area contributed by atoms with Crippen LogP contribution in [0.1, 0.15) is 74.4 Å². The Morgan fingerprint density at radius 2 is 1.74 bits per heavy atom. The highest BCUT2D eigenvalue weighted by Crippen LogP contribution is 2.41. The number of carbonyl (C=O) groups excluding carboxylic acids is 2. The van der Waals surface area contributed by atoms with Crippen LogP contribution < -0.4 is 4.74 Å². The van der Waals surface area contributed by atoms with E-state index in [0.29, 0.717) is 12.2 Å². The molecule has 1 saturated heterocycles. The summed E-state index contributed by atoms with van der Waals surface area (Å²) < 4.78 is 11.2. The van der Waals surface area contributed by atoms with E-state index in [9.17, 15) is 14.7 Å². The van der Waals surface area contributed by atoms with Gasteiger partial charge in [0.05, 0.1) is 31.4 Å². The van der Waals surface area contributed by atoms with Gasteiger partial charge in [-0.15, -0.1) is 0 Å². The van der Waals surface area contributed by atoms with Gasteiger partial charge in [0.2, 0.25) is 0 Å². The molecule has 1 aliphatic heterocycles. The lowest BCUT2D eigenvalue weighted by atomic mass is 9.90. The van der Waals surface area contributed by atoms with Crippen molar-refractivity contribution in [2.45, 2.75) is 66.0 Å². The molecule has 1 unspecified atom stereocenters. The number of hydrogen-bond acceptors (Lipinski definition) is 5. The Hall–Kier alpha value is -3.12. The van der Waals surface area contributed by atoms with Crippen molar-refractivity contribution in [1.29, 1.82) is 0 Å². The topological polar surface area (TPSA) is 76.1 Å². The minimum atomic E-state index is -0.694. The van der Waals surface area contributed by atoms with Gasteiger partial charge in [0.25, 0.3) is 11.7 Å². The van der Waals surface area contributed by atoms with Gasteiger partial charge in [0.1, 0.15) is 11.5 Å². The molecule has 1 N–H and O–H groups in total. The van der Waals surface area contributed by atoms with E-state index < -0.39 is 17.7 Å². The summed E-state index contributed by atoms with van der Waals surface area (Å²) in [6.45, 7) is 12.4. The van der Waals surface area contributed by atoms with Gasteiger partial charge in [0.15, 0.2) is 0 Å². The average Bonchev–Trinajstić information content (AvgIpc) is 3.08. The lowest BCUT2D eigenvalue weighted by molar-refractivity contribution is -0.140. The lowest BCUT2D eigenvalue weighted by Gasteiger charge is -2.26. The SMILES string of the molecule is CCc1ccc(C2/C(=C(\O)c3cc(C(C)C)c(OC)cc3C)C(=O)C(=O)N2CCOC(C)C)cc1. The summed E-state index contributed by atoms with van der Waals surface area (Å²) in [6.07, 6.45) is 0.886. The number of ketones is 1. The summed E-state index contributed by atoms with van der Waals surface area (Å²) in [5.41, 5.74) is 4.25. The van der Waals surface area contributed by atoms with Crippen LogP contribution in [0.5, 0.6) is 5.75 Å². The summed E-state index contributed by atoms with van der Waals surface area (Å²) >= 11 is 0. The molecule has 0 aromatic heterocycles. The molecule has 1 heterocycles. The van der Waals surface area contributed by atoms with Crippen LogP contribution in [-0.2, 0) is 20.7 Å². The Morgan fingerprint density at radius 1 is 1.09 bits per heavy atom. The molecule has 0 spiro atoms. The highest BCUT2D eigenvalue weighted by molar-refractivity contribution is 6.46. The van der Waals surface area contributed by atoms with Crippen molar-refractivity contribution in [3.63, 3.8) is 0 Å². The number of amides is 1. The van der Waals surface area contributed by atoms with Crippen molar-refractivity contribution in [2.75, 3.05) is 20.3 Å². The van der Waals surface area contributed by atoms with E-state index in [1.165, 1.54) is 4.90 Å². The van der Waals surface area contributed by atoms with E-state index in [1.807, 2.05) is 71.0 Å². The minimum Gasteiger partial charge on any atom is -0.507 e. The summed E-state index contributed by atoms with van der Waals surface area (Å²) in [4.78, 5) is 28.0. The number of carbonyl (C=O) groups is 2. The lowest BCUT2D eigenvalue weighted by Crippen LogP contribution is -2.33. The highest BCUT2D eigenvalue weighted by Gasteiger charge is 2.46. The third kappa shape index (κ3) is 5.43. The van der Waals surface area contributed by atoms with Crippen molar-refractivity contribution < 1.29 is 24.2 Å². The number of rotatable bonds is 9. The first-order chi connectivity index (χ1) is 16.6. The molecule has 0 radical (unpaired) electrons. The maximum absolute atomic E-state index is 13.3. The smallest absolute Gasteiger partial charge is 0.295 e. The molecule has 2 aromatic rings. The fraction of sp³-hybridized carbons (Fsp3) is 0.448. The monoisotopic (exact) mass is 479 g/mol. The number of methoxy groups -OCH3 is 1. The maximum atomic E-state index is 13.3. The van der Waals surface area contributed by atoms with Crippen LogP contribution in [0.25, 0.3) is 5.76 Å². The Bertz CT molecular complexity index is 1110. The van der Waals surface area contributed by atoms with E-state index in [4.69, 9.17) is 9.47 Å². The number of benzene rings is 2. The van der Waals surface area contributed by atoms with Gasteiger partial charge in [-0.2, -0.15) is 0 Å². The molecular weight excluding hydrogens is 442 g/mol. The molecule has 3 rings (SSSR count). The third-order valence-corrected chi connectivity index (χ3v) is 6.48. The summed E-state index contributed by atoms with van der Waals surface area (Å²) in [6, 6.07) is 10.9. The van der Waals surface area contributed by atoms with E-state index in [1.54, 1.807) is 7.11 Å². The first-order valence-electron chi connectivity index (χ1n) is 12.3. The predicted molar refractivity (Wildman–Crippen MR) is 138 cm³/mol. The molecule has 0 saturated carbocycles. The number of hydrogen-bond donors (Lipinski definition) is 1. The quantitative estimate of drug-likeness (QED) is 0.290. The largest absolute Gasteiger partial charge is 0.507 e. The number of aliphatic hydroxyl groups excluding tert-OH is 1. The number of likely N-dealkylation sites (tertiary alicyclic amines) is 1. The van der Waals surface area contributed by atoms with Crippen LogP contribution in [-0.4, -0.2) is 48.1 Å². The van der Waals surface area contributed by atoms with Crippen molar-refractivity contribution >= 4 is 17.4 Å². The van der Waals surface area contributed by atoms with Gasteiger partial charge in [-0.05, 0) is 67.5 Å². The van der Waals surface area contributed by atoms with Gasteiger partial charge < -0.3 is 19.5 Å². The maximum Gasteiger partial charge on any atom is 0.295 e. The van der Waals surface area contributed by atoms with E-state index in [2.05, 4.69) is 6.92 Å². The van der Waals surface area contributed by atoms with Crippen LogP contribution in [0.2, 0.25) is 0 Å². The van der Waals surface area contributed by atoms with Crippen molar-refractivity contribution in [1.82, 2.24) is 4.90 Å². The normalized spacial score (nSPS) is 17.6. The molecule has 6 heteroatoms. The molecule has 1 atom stereocenters. The van der Waals surface area contributed by atoms with Crippen LogP contribution in [0.4, 0.5) is 0 Å². The second-order valence-electron chi connectivity index (χ2n) is 9.57. The molecule has 6 nitrogen and oxygen atoms in total. The van der Waals surface area contributed by atoms with Crippen molar-refractivity contribution in [3.8, 4) is 5.75 Å². The second kappa shape index (κ2) is 11.1. The zero-order valence-electron chi connectivity index (χ0n) is 21.8. The predicted octanol–water partition coefficient (Wildman–Crippen LogP) is 5.54. The standard InChI is InChI=1S/C29H37NO5/c1-8-20-9-11-21(12-10-20)26-25(28(32)29(33)30(26)13-14-35-18(4)5)27(31)23-16-22(17(2)3)24(34-7)15-19(23)6/h9-12,15-18,26,31H,8,13-14H2,1-7H3/b27-25+. The summed E-state index contributed by atoms with van der Waals surface area (Å²) in [5.74, 6) is -0.601. The molecule has 1 fully saturated rings. The molecule has 1 amide bonds. The fourth-order valence-corrected chi connectivity index (χ4v) is 4.51. The van der Waals surface area contributed by atoms with Crippen molar-refractivity contribution in [2.24, 2.45) is 0 Å². The van der Waals surface area contributed by atoms with Gasteiger partial charge >= 0.3 is 0 Å². The molecule has 0 aliphatic carbocycles. The van der Waals surface area contributed by atoms with Crippen LogP contribution >= 0.6 is 0 Å². The Morgan fingerprint density at radius 3 is 2.29 bits per heavy atom. The fourth-order valence-electron chi connectivity index (χ4n) is 4.51. The highest BCUT2D eigenvalue weighted by atomic mass is 16.5. The molecule has 188 valence electrons. The van der Waals surface area contributed by atoms with E-state index >= 15 is 0 Å².